The minimum atomic E-state index is 0.341. The van der Waals surface area contributed by atoms with Crippen LogP contribution < -0.4 is 0 Å². The maximum Gasteiger partial charge on any atom is 0.0529 e. The predicted octanol–water partition coefficient (Wildman–Crippen LogP) is 2.50. The van der Waals surface area contributed by atoms with Crippen molar-refractivity contribution in [2.24, 2.45) is 0 Å². The Balaban J connectivity index is 2.36. The molecule has 0 N–H and O–H groups in total. The van der Waals surface area contributed by atoms with E-state index >= 15 is 0 Å². The first-order chi connectivity index (χ1) is 6.95. The van der Waals surface area contributed by atoms with Gasteiger partial charge in [0, 0.05) is 31.7 Å². The lowest BCUT2D eigenvalue weighted by atomic mass is 10.1. The van der Waals surface area contributed by atoms with Crippen molar-refractivity contribution in [2.75, 3.05) is 31.9 Å². The summed E-state index contributed by atoms with van der Waals surface area (Å²) in [6.07, 6.45) is 0. The van der Waals surface area contributed by atoms with Gasteiger partial charge in [0.2, 0.25) is 0 Å². The highest BCUT2D eigenvalue weighted by Crippen LogP contribution is 2.20. The molecule has 0 amide bonds. The average Bonchev–Trinajstić information content (AvgIpc) is 2.17. The highest BCUT2D eigenvalue weighted by atomic mass is 32.2. The molecule has 1 rings (SSSR count). The van der Waals surface area contributed by atoms with E-state index in [4.69, 9.17) is 0 Å². The van der Waals surface area contributed by atoms with Crippen LogP contribution in [0.1, 0.15) is 34.6 Å². The fourth-order valence-corrected chi connectivity index (χ4v) is 3.01. The monoisotopic (exact) mass is 230 g/mol. The van der Waals surface area contributed by atoms with Crippen LogP contribution in [0.3, 0.4) is 0 Å². The maximum atomic E-state index is 2.61. The molecule has 1 fully saturated rings. The highest BCUT2D eigenvalue weighted by Gasteiger charge is 2.27. The summed E-state index contributed by atoms with van der Waals surface area (Å²) in [5.74, 6) is 1.22. The van der Waals surface area contributed by atoms with Gasteiger partial charge in [-0.15, -0.1) is 11.8 Å². The number of thioether (sulfide) groups is 1. The van der Waals surface area contributed by atoms with Gasteiger partial charge in [-0.3, -0.25) is 9.80 Å². The first-order valence-electron chi connectivity index (χ1n) is 6.06. The second kappa shape index (κ2) is 5.55. The van der Waals surface area contributed by atoms with Crippen molar-refractivity contribution in [3.63, 3.8) is 0 Å². The molecular weight excluding hydrogens is 204 g/mol. The van der Waals surface area contributed by atoms with Gasteiger partial charge in [0.25, 0.3) is 0 Å². The van der Waals surface area contributed by atoms with Crippen molar-refractivity contribution in [1.82, 2.24) is 9.80 Å². The minimum Gasteiger partial charge on any atom is -0.296 e. The lowest BCUT2D eigenvalue weighted by Gasteiger charge is -2.43. The summed E-state index contributed by atoms with van der Waals surface area (Å²) in [4.78, 5) is 5.20. The van der Waals surface area contributed by atoms with Crippen molar-refractivity contribution in [3.05, 3.63) is 0 Å². The molecule has 0 bridgehead atoms. The van der Waals surface area contributed by atoms with Crippen molar-refractivity contribution >= 4 is 11.8 Å². The summed E-state index contributed by atoms with van der Waals surface area (Å²) >= 11 is 2.05. The SMILES string of the molecule is CCSC(C)N1CCN(C(C)(C)C)CC1. The molecule has 1 aliphatic rings. The quantitative estimate of drug-likeness (QED) is 0.735. The zero-order valence-electron chi connectivity index (χ0n) is 10.9. The molecule has 1 saturated heterocycles. The van der Waals surface area contributed by atoms with E-state index in [-0.39, 0.29) is 0 Å². The van der Waals surface area contributed by atoms with Crippen LogP contribution in [0.25, 0.3) is 0 Å². The summed E-state index contributed by atoms with van der Waals surface area (Å²) in [6.45, 7) is 16.4. The van der Waals surface area contributed by atoms with E-state index in [0.717, 1.165) is 0 Å². The molecule has 0 saturated carbocycles. The summed E-state index contributed by atoms with van der Waals surface area (Å²) < 4.78 is 0. The Bertz CT molecular complexity index is 181. The molecule has 0 aromatic heterocycles. The first-order valence-corrected chi connectivity index (χ1v) is 7.10. The van der Waals surface area contributed by atoms with Crippen LogP contribution >= 0.6 is 11.8 Å². The third-order valence-corrected chi connectivity index (χ3v) is 4.30. The molecule has 1 heterocycles. The Morgan fingerprint density at radius 1 is 1.13 bits per heavy atom. The molecule has 0 radical (unpaired) electrons. The number of piperazine rings is 1. The van der Waals surface area contributed by atoms with Crippen LogP contribution in [0.15, 0.2) is 0 Å². The Morgan fingerprint density at radius 3 is 2.07 bits per heavy atom. The Kier molecular flexibility index (Phi) is 4.94. The summed E-state index contributed by atoms with van der Waals surface area (Å²) in [5.41, 5.74) is 0.341. The van der Waals surface area contributed by atoms with Gasteiger partial charge in [0.1, 0.15) is 0 Å². The molecule has 90 valence electrons. The lowest BCUT2D eigenvalue weighted by molar-refractivity contribution is 0.0599. The van der Waals surface area contributed by atoms with Crippen LogP contribution in [0.2, 0.25) is 0 Å². The second-order valence-corrected chi connectivity index (χ2v) is 6.84. The van der Waals surface area contributed by atoms with E-state index in [1.807, 2.05) is 0 Å². The van der Waals surface area contributed by atoms with Crippen LogP contribution in [-0.4, -0.2) is 52.6 Å². The van der Waals surface area contributed by atoms with E-state index in [1.54, 1.807) is 0 Å². The molecular formula is C12H26N2S. The normalized spacial score (nSPS) is 23.0. The fraction of sp³-hybridized carbons (Fsp3) is 1.00. The van der Waals surface area contributed by atoms with Crippen molar-refractivity contribution in [2.45, 2.75) is 45.5 Å². The second-order valence-electron chi connectivity index (χ2n) is 5.25. The van der Waals surface area contributed by atoms with Gasteiger partial charge in [-0.1, -0.05) is 6.92 Å². The van der Waals surface area contributed by atoms with Gasteiger partial charge in [0.05, 0.1) is 5.37 Å². The van der Waals surface area contributed by atoms with Gasteiger partial charge in [-0.25, -0.2) is 0 Å². The first kappa shape index (κ1) is 13.3. The van der Waals surface area contributed by atoms with Gasteiger partial charge >= 0.3 is 0 Å². The van der Waals surface area contributed by atoms with Crippen LogP contribution in [0.5, 0.6) is 0 Å². The van der Waals surface area contributed by atoms with Gasteiger partial charge in [0.15, 0.2) is 0 Å². The van der Waals surface area contributed by atoms with Crippen LogP contribution in [0, 0.1) is 0 Å². The number of nitrogens with zero attached hydrogens (tertiary/aromatic N) is 2. The van der Waals surface area contributed by atoms with Crippen LogP contribution in [-0.2, 0) is 0 Å². The number of hydrogen-bond acceptors (Lipinski definition) is 3. The van der Waals surface area contributed by atoms with Gasteiger partial charge in [-0.05, 0) is 33.4 Å². The molecule has 15 heavy (non-hydrogen) atoms. The molecule has 2 nitrogen and oxygen atoms in total. The molecule has 1 aliphatic heterocycles. The van der Waals surface area contributed by atoms with E-state index in [2.05, 4.69) is 56.2 Å². The van der Waals surface area contributed by atoms with E-state index in [9.17, 15) is 0 Å². The lowest BCUT2D eigenvalue weighted by Crippen LogP contribution is -2.54. The van der Waals surface area contributed by atoms with Gasteiger partial charge < -0.3 is 0 Å². The zero-order valence-corrected chi connectivity index (χ0v) is 11.7. The minimum absolute atomic E-state index is 0.341. The third-order valence-electron chi connectivity index (χ3n) is 3.19. The smallest absolute Gasteiger partial charge is 0.0529 e. The molecule has 0 aliphatic carbocycles. The molecule has 3 heteroatoms. The van der Waals surface area contributed by atoms with E-state index in [1.165, 1.54) is 31.9 Å². The maximum absolute atomic E-state index is 2.61. The molecule has 0 aromatic rings. The number of rotatable bonds is 3. The predicted molar refractivity (Wildman–Crippen MR) is 70.5 cm³/mol. The highest BCUT2D eigenvalue weighted by molar-refractivity contribution is 7.99. The fourth-order valence-electron chi connectivity index (χ4n) is 2.10. The van der Waals surface area contributed by atoms with Crippen LogP contribution in [0.4, 0.5) is 0 Å². The zero-order chi connectivity index (χ0) is 11.5. The van der Waals surface area contributed by atoms with Crippen molar-refractivity contribution < 1.29 is 0 Å². The topological polar surface area (TPSA) is 6.48 Å². The molecule has 0 aromatic carbocycles. The largest absolute Gasteiger partial charge is 0.296 e. The average molecular weight is 230 g/mol. The van der Waals surface area contributed by atoms with Crippen molar-refractivity contribution in [1.29, 1.82) is 0 Å². The molecule has 1 atom stereocenters. The van der Waals surface area contributed by atoms with E-state index in [0.29, 0.717) is 10.9 Å². The Labute approximate surface area is 99.4 Å². The van der Waals surface area contributed by atoms with Gasteiger partial charge in [-0.2, -0.15) is 0 Å². The Hall–Kier alpha value is 0.270. The molecule has 1 unspecified atom stereocenters. The Morgan fingerprint density at radius 2 is 1.67 bits per heavy atom. The third kappa shape index (κ3) is 3.97. The molecule has 0 spiro atoms. The number of hydrogen-bond donors (Lipinski definition) is 0. The summed E-state index contributed by atoms with van der Waals surface area (Å²) in [5, 5.41) is 0.692. The summed E-state index contributed by atoms with van der Waals surface area (Å²) in [7, 11) is 0. The summed E-state index contributed by atoms with van der Waals surface area (Å²) in [6, 6.07) is 0. The van der Waals surface area contributed by atoms with E-state index < -0.39 is 0 Å². The standard InChI is InChI=1S/C12H26N2S/c1-6-15-11(2)13-7-9-14(10-8-13)12(3,4)5/h11H,6-10H2,1-5H3. The van der Waals surface area contributed by atoms with Crippen molar-refractivity contribution in [3.8, 4) is 0 Å².